The molecule has 3 aromatic carbocycles. The molecule has 1 aliphatic heterocycles. The second-order valence-electron chi connectivity index (χ2n) is 9.69. The van der Waals surface area contributed by atoms with Gasteiger partial charge in [-0.05, 0) is 35.9 Å². The molecule has 0 radical (unpaired) electrons. The first-order valence-electron chi connectivity index (χ1n) is 13.3. The second kappa shape index (κ2) is 13.8. The number of rotatable bonds is 10. The molecule has 0 aromatic heterocycles. The number of carbonyl (C=O) groups excluding carboxylic acids is 2. The summed E-state index contributed by atoms with van der Waals surface area (Å²) in [5.74, 6) is -0.493. The van der Waals surface area contributed by atoms with E-state index in [1.165, 1.54) is 24.3 Å². The molecule has 5 N–H and O–H groups in total. The third-order valence-corrected chi connectivity index (χ3v) is 6.99. The fraction of sp³-hybridized carbons (Fsp3) is 0.300. The van der Waals surface area contributed by atoms with E-state index in [-0.39, 0.29) is 17.1 Å². The van der Waals surface area contributed by atoms with Gasteiger partial charge in [0.2, 0.25) is 5.75 Å². The Morgan fingerprint density at radius 2 is 1.48 bits per heavy atom. The number of nitrogens with one attached hydrogen (secondary N) is 1. The minimum atomic E-state index is -0.651. The number of carbonyl (C=O) groups is 2. The molecule has 12 heteroatoms. The maximum absolute atomic E-state index is 14.3. The van der Waals surface area contributed by atoms with Crippen LogP contribution < -0.4 is 31.0 Å². The summed E-state index contributed by atoms with van der Waals surface area (Å²) < 4.78 is 30.8. The SMILES string of the molecule is COc1ccc(CN2CCN(Cc3ccc(C(=O)N=C(N)N)cc3NC(=O)c3ccccc3F)CC2)c(OC)c1OC. The second-order valence-corrected chi connectivity index (χ2v) is 9.69. The van der Waals surface area contributed by atoms with E-state index < -0.39 is 17.6 Å². The minimum absolute atomic E-state index is 0.108. The Labute approximate surface area is 243 Å². The van der Waals surface area contributed by atoms with Crippen molar-refractivity contribution in [1.29, 1.82) is 0 Å². The lowest BCUT2D eigenvalue weighted by molar-refractivity contribution is 0.0997. The van der Waals surface area contributed by atoms with Crippen LogP contribution >= 0.6 is 0 Å². The van der Waals surface area contributed by atoms with Crippen LogP contribution in [-0.2, 0) is 13.1 Å². The fourth-order valence-electron chi connectivity index (χ4n) is 4.86. The maximum atomic E-state index is 14.3. The van der Waals surface area contributed by atoms with Crippen molar-refractivity contribution in [1.82, 2.24) is 9.80 Å². The number of anilines is 1. The smallest absolute Gasteiger partial charge is 0.280 e. The highest BCUT2D eigenvalue weighted by atomic mass is 19.1. The minimum Gasteiger partial charge on any atom is -0.493 e. The van der Waals surface area contributed by atoms with Gasteiger partial charge in [-0.25, -0.2) is 4.39 Å². The molecule has 0 aliphatic carbocycles. The van der Waals surface area contributed by atoms with Crippen molar-refractivity contribution in [3.05, 3.63) is 82.7 Å². The lowest BCUT2D eigenvalue weighted by atomic mass is 10.1. The van der Waals surface area contributed by atoms with Gasteiger partial charge in [0.25, 0.3) is 11.8 Å². The average Bonchev–Trinajstić information content (AvgIpc) is 2.98. The lowest BCUT2D eigenvalue weighted by Gasteiger charge is -2.35. The van der Waals surface area contributed by atoms with Crippen molar-refractivity contribution in [2.24, 2.45) is 16.5 Å². The number of ether oxygens (including phenoxy) is 3. The van der Waals surface area contributed by atoms with E-state index in [2.05, 4.69) is 20.1 Å². The first-order valence-corrected chi connectivity index (χ1v) is 13.3. The molecule has 0 bridgehead atoms. The highest BCUT2D eigenvalue weighted by molar-refractivity contribution is 6.06. The molecule has 1 aliphatic rings. The zero-order chi connectivity index (χ0) is 30.2. The summed E-state index contributed by atoms with van der Waals surface area (Å²) in [6.45, 7) is 4.25. The predicted octanol–water partition coefficient (Wildman–Crippen LogP) is 2.84. The Bertz CT molecular complexity index is 1470. The van der Waals surface area contributed by atoms with Crippen molar-refractivity contribution in [3.8, 4) is 17.2 Å². The van der Waals surface area contributed by atoms with E-state index in [9.17, 15) is 14.0 Å². The molecule has 0 saturated carbocycles. The van der Waals surface area contributed by atoms with Crippen molar-refractivity contribution in [2.45, 2.75) is 13.1 Å². The summed E-state index contributed by atoms with van der Waals surface area (Å²) in [5, 5.41) is 2.76. The number of hydrogen-bond acceptors (Lipinski definition) is 7. The molecule has 42 heavy (non-hydrogen) atoms. The Kier molecular flexibility index (Phi) is 9.94. The maximum Gasteiger partial charge on any atom is 0.280 e. The summed E-state index contributed by atoms with van der Waals surface area (Å²) in [6.07, 6.45) is 0. The summed E-state index contributed by atoms with van der Waals surface area (Å²) in [5.41, 5.74) is 12.9. The van der Waals surface area contributed by atoms with Gasteiger partial charge in [0.05, 0.1) is 26.9 Å². The third kappa shape index (κ3) is 7.14. The van der Waals surface area contributed by atoms with Crippen LogP contribution in [-0.4, -0.2) is 75.1 Å². The van der Waals surface area contributed by atoms with Gasteiger partial charge in [0, 0.05) is 56.1 Å². The van der Waals surface area contributed by atoms with Gasteiger partial charge >= 0.3 is 0 Å². The van der Waals surface area contributed by atoms with Gasteiger partial charge in [-0.1, -0.05) is 24.3 Å². The van der Waals surface area contributed by atoms with E-state index in [1.807, 2.05) is 12.1 Å². The molecule has 2 amide bonds. The largest absolute Gasteiger partial charge is 0.493 e. The Hall–Kier alpha value is -4.68. The van der Waals surface area contributed by atoms with Gasteiger partial charge < -0.3 is 31.0 Å². The number of guanidine groups is 1. The van der Waals surface area contributed by atoms with E-state index in [4.69, 9.17) is 25.7 Å². The zero-order valence-corrected chi connectivity index (χ0v) is 23.9. The number of piperazine rings is 1. The fourth-order valence-corrected chi connectivity index (χ4v) is 4.86. The highest BCUT2D eigenvalue weighted by Gasteiger charge is 2.23. The van der Waals surface area contributed by atoms with E-state index in [0.29, 0.717) is 36.0 Å². The topological polar surface area (TPSA) is 145 Å². The Morgan fingerprint density at radius 3 is 2.07 bits per heavy atom. The average molecular weight is 579 g/mol. The molecule has 11 nitrogen and oxygen atoms in total. The van der Waals surface area contributed by atoms with Crippen LogP contribution in [0.25, 0.3) is 0 Å². The number of benzene rings is 3. The van der Waals surface area contributed by atoms with Crippen LogP contribution in [0.2, 0.25) is 0 Å². The van der Waals surface area contributed by atoms with Crippen LogP contribution in [0.5, 0.6) is 17.2 Å². The number of halogens is 1. The number of nitrogens with zero attached hydrogens (tertiary/aromatic N) is 3. The number of methoxy groups -OCH3 is 3. The van der Waals surface area contributed by atoms with E-state index >= 15 is 0 Å². The number of nitrogens with two attached hydrogens (primary N) is 2. The first kappa shape index (κ1) is 30.3. The molecule has 1 heterocycles. The van der Waals surface area contributed by atoms with Crippen molar-refractivity contribution in [2.75, 3.05) is 52.8 Å². The predicted molar refractivity (Wildman–Crippen MR) is 158 cm³/mol. The zero-order valence-electron chi connectivity index (χ0n) is 23.9. The summed E-state index contributed by atoms with van der Waals surface area (Å²) in [4.78, 5) is 33.6. The molecule has 0 unspecified atom stereocenters. The van der Waals surface area contributed by atoms with Gasteiger partial charge in [0.15, 0.2) is 17.5 Å². The van der Waals surface area contributed by atoms with Crippen LogP contribution in [0.3, 0.4) is 0 Å². The standard InChI is InChI=1S/C30H35FN6O5/c1-40-25-11-10-21(26(41-2)27(25)42-3)18-37-14-12-36(13-15-37)17-20-9-8-19(28(38)35-30(32)33)16-24(20)34-29(39)22-6-4-5-7-23(22)31/h4-11,16H,12-15,17-18H2,1-3H3,(H,34,39)(H4,32,33,35,38). The number of aliphatic imine (C=N–C) groups is 1. The van der Waals surface area contributed by atoms with Crippen LogP contribution in [0, 0.1) is 5.82 Å². The summed E-state index contributed by atoms with van der Waals surface area (Å²) in [6, 6.07) is 14.4. The highest BCUT2D eigenvalue weighted by Crippen LogP contribution is 2.40. The molecule has 0 atom stereocenters. The molecule has 1 fully saturated rings. The van der Waals surface area contributed by atoms with Crippen molar-refractivity contribution >= 4 is 23.5 Å². The number of hydrogen-bond donors (Lipinski definition) is 3. The van der Waals surface area contributed by atoms with E-state index in [1.54, 1.807) is 39.5 Å². The van der Waals surface area contributed by atoms with Gasteiger partial charge in [0.1, 0.15) is 5.82 Å². The first-order chi connectivity index (χ1) is 20.2. The summed E-state index contributed by atoms with van der Waals surface area (Å²) in [7, 11) is 4.78. The molecular weight excluding hydrogens is 543 g/mol. The molecule has 222 valence electrons. The molecular formula is C30H35FN6O5. The van der Waals surface area contributed by atoms with Crippen LogP contribution in [0.4, 0.5) is 10.1 Å². The molecule has 4 rings (SSSR count). The van der Waals surface area contributed by atoms with Crippen molar-refractivity contribution < 1.29 is 28.2 Å². The molecule has 0 spiro atoms. The third-order valence-electron chi connectivity index (χ3n) is 6.99. The normalized spacial score (nSPS) is 13.7. The Balaban J connectivity index is 1.48. The van der Waals surface area contributed by atoms with Crippen LogP contribution in [0.1, 0.15) is 31.8 Å². The van der Waals surface area contributed by atoms with Crippen molar-refractivity contribution in [3.63, 3.8) is 0 Å². The Morgan fingerprint density at radius 1 is 0.857 bits per heavy atom. The van der Waals surface area contributed by atoms with Gasteiger partial charge in [-0.3, -0.25) is 19.4 Å². The molecule has 3 aromatic rings. The summed E-state index contributed by atoms with van der Waals surface area (Å²) >= 11 is 0. The number of amides is 2. The van der Waals surface area contributed by atoms with Gasteiger partial charge in [-0.2, -0.15) is 4.99 Å². The van der Waals surface area contributed by atoms with Gasteiger partial charge in [-0.15, -0.1) is 0 Å². The monoisotopic (exact) mass is 578 g/mol. The van der Waals surface area contributed by atoms with Crippen LogP contribution in [0.15, 0.2) is 59.6 Å². The quantitative estimate of drug-likeness (QED) is 0.244. The lowest BCUT2D eigenvalue weighted by Crippen LogP contribution is -2.45. The van der Waals surface area contributed by atoms with E-state index in [0.717, 1.165) is 37.3 Å². The molecule has 1 saturated heterocycles.